The first-order valence-corrected chi connectivity index (χ1v) is 5.88. The van der Waals surface area contributed by atoms with Gasteiger partial charge in [0.25, 0.3) is 0 Å². The van der Waals surface area contributed by atoms with Gasteiger partial charge in [-0.3, -0.25) is 4.79 Å². The summed E-state index contributed by atoms with van der Waals surface area (Å²) in [5.74, 6) is 2.63. The van der Waals surface area contributed by atoms with Crippen LogP contribution in [0.2, 0.25) is 0 Å². The molecule has 0 spiro atoms. The maximum atomic E-state index is 10.6. The SMILES string of the molecule is CC(C)C[C]([CH]CCC(N)=O)CC(C)C. The summed E-state index contributed by atoms with van der Waals surface area (Å²) in [6.45, 7) is 8.90. The minimum atomic E-state index is -0.209. The van der Waals surface area contributed by atoms with Crippen LogP contribution in [0.25, 0.3) is 0 Å². The quantitative estimate of drug-likeness (QED) is 0.658. The van der Waals surface area contributed by atoms with Crippen molar-refractivity contribution in [2.75, 3.05) is 0 Å². The van der Waals surface area contributed by atoms with Crippen LogP contribution in [-0.2, 0) is 4.79 Å². The van der Waals surface area contributed by atoms with E-state index in [4.69, 9.17) is 5.73 Å². The van der Waals surface area contributed by atoms with Crippen LogP contribution in [-0.4, -0.2) is 5.91 Å². The van der Waals surface area contributed by atoms with E-state index in [0.29, 0.717) is 18.3 Å². The monoisotopic (exact) mass is 211 g/mol. The molecule has 2 nitrogen and oxygen atoms in total. The van der Waals surface area contributed by atoms with Crippen molar-refractivity contribution < 1.29 is 4.79 Å². The van der Waals surface area contributed by atoms with Crippen molar-refractivity contribution in [2.45, 2.75) is 53.4 Å². The molecule has 1 amide bonds. The maximum Gasteiger partial charge on any atom is 0.217 e. The van der Waals surface area contributed by atoms with E-state index in [9.17, 15) is 4.79 Å². The molecule has 0 aliphatic carbocycles. The number of primary amides is 1. The highest BCUT2D eigenvalue weighted by Crippen LogP contribution is 2.26. The minimum Gasteiger partial charge on any atom is -0.370 e. The van der Waals surface area contributed by atoms with Crippen LogP contribution in [0, 0.1) is 24.2 Å². The van der Waals surface area contributed by atoms with E-state index in [0.717, 1.165) is 19.3 Å². The molecular formula is C13H25NO. The summed E-state index contributed by atoms with van der Waals surface area (Å²) in [5, 5.41) is 0. The molecule has 0 aliphatic rings. The van der Waals surface area contributed by atoms with E-state index in [2.05, 4.69) is 34.1 Å². The lowest BCUT2D eigenvalue weighted by atomic mass is 9.86. The molecule has 15 heavy (non-hydrogen) atoms. The molecule has 2 N–H and O–H groups in total. The van der Waals surface area contributed by atoms with E-state index in [1.807, 2.05) is 0 Å². The molecule has 0 aromatic carbocycles. The van der Waals surface area contributed by atoms with Gasteiger partial charge in [0.1, 0.15) is 0 Å². The Morgan fingerprint density at radius 2 is 1.60 bits per heavy atom. The molecule has 0 unspecified atom stereocenters. The summed E-state index contributed by atoms with van der Waals surface area (Å²) in [5.41, 5.74) is 5.11. The number of rotatable bonds is 8. The second-order valence-electron chi connectivity index (χ2n) is 5.06. The molecule has 0 saturated heterocycles. The lowest BCUT2D eigenvalue weighted by molar-refractivity contribution is -0.117. The van der Waals surface area contributed by atoms with Gasteiger partial charge in [0.2, 0.25) is 5.91 Å². The Morgan fingerprint density at radius 3 is 1.93 bits per heavy atom. The summed E-state index contributed by atoms with van der Waals surface area (Å²) < 4.78 is 0. The predicted molar refractivity (Wildman–Crippen MR) is 64.9 cm³/mol. The molecule has 0 saturated carbocycles. The van der Waals surface area contributed by atoms with E-state index in [1.54, 1.807) is 0 Å². The Hall–Kier alpha value is -0.530. The van der Waals surface area contributed by atoms with Crippen molar-refractivity contribution in [3.8, 4) is 0 Å². The molecule has 0 aromatic rings. The molecule has 0 aromatic heterocycles. The van der Waals surface area contributed by atoms with Crippen molar-refractivity contribution in [1.82, 2.24) is 0 Å². The number of nitrogens with two attached hydrogens (primary N) is 1. The lowest BCUT2D eigenvalue weighted by Crippen LogP contribution is -2.12. The standard InChI is InChI=1S/C13H25NO/c1-10(2)8-12(9-11(3)4)6-5-7-13(14)15/h6,10-11H,5,7-9H2,1-4H3,(H2,14,15). The van der Waals surface area contributed by atoms with Gasteiger partial charge in [0.05, 0.1) is 0 Å². The number of hydrogen-bond donors (Lipinski definition) is 1. The van der Waals surface area contributed by atoms with Crippen LogP contribution in [0.1, 0.15) is 53.4 Å². The number of amides is 1. The molecule has 0 fully saturated rings. The molecule has 0 atom stereocenters. The fourth-order valence-electron chi connectivity index (χ4n) is 1.72. The average molecular weight is 211 g/mol. The van der Waals surface area contributed by atoms with Crippen LogP contribution in [0.15, 0.2) is 0 Å². The first-order chi connectivity index (χ1) is 6.91. The molecular weight excluding hydrogens is 186 g/mol. The number of carbonyl (C=O) groups is 1. The number of hydrogen-bond acceptors (Lipinski definition) is 1. The average Bonchev–Trinajstić information content (AvgIpc) is 2.00. The van der Waals surface area contributed by atoms with Gasteiger partial charge in [-0.1, -0.05) is 27.7 Å². The Morgan fingerprint density at radius 1 is 1.13 bits per heavy atom. The second-order valence-corrected chi connectivity index (χ2v) is 5.06. The zero-order valence-electron chi connectivity index (χ0n) is 10.5. The van der Waals surface area contributed by atoms with Crippen molar-refractivity contribution in [1.29, 1.82) is 0 Å². The zero-order valence-corrected chi connectivity index (χ0v) is 10.5. The lowest BCUT2D eigenvalue weighted by Gasteiger charge is -2.19. The smallest absolute Gasteiger partial charge is 0.217 e. The first kappa shape index (κ1) is 14.5. The first-order valence-electron chi connectivity index (χ1n) is 5.88. The fourth-order valence-corrected chi connectivity index (χ4v) is 1.72. The fraction of sp³-hybridized carbons (Fsp3) is 0.769. The van der Waals surface area contributed by atoms with Gasteiger partial charge in [-0.15, -0.1) is 0 Å². The molecule has 2 radical (unpaired) electrons. The Balaban J connectivity index is 3.84. The Bertz CT molecular complexity index is 165. The maximum absolute atomic E-state index is 10.6. The molecule has 0 rings (SSSR count). The minimum absolute atomic E-state index is 0.209. The normalized spacial score (nSPS) is 11.7. The van der Waals surface area contributed by atoms with Crippen LogP contribution in [0.5, 0.6) is 0 Å². The summed E-state index contributed by atoms with van der Waals surface area (Å²) in [6, 6.07) is 0. The van der Waals surface area contributed by atoms with Gasteiger partial charge in [-0.25, -0.2) is 0 Å². The van der Waals surface area contributed by atoms with Crippen LogP contribution < -0.4 is 5.73 Å². The van der Waals surface area contributed by atoms with E-state index in [1.165, 1.54) is 5.92 Å². The third kappa shape index (κ3) is 9.77. The van der Waals surface area contributed by atoms with E-state index in [-0.39, 0.29) is 5.91 Å². The number of carbonyl (C=O) groups excluding carboxylic acids is 1. The van der Waals surface area contributed by atoms with Gasteiger partial charge < -0.3 is 5.73 Å². The van der Waals surface area contributed by atoms with Gasteiger partial charge in [-0.2, -0.15) is 0 Å². The summed E-state index contributed by atoms with van der Waals surface area (Å²) in [4.78, 5) is 10.6. The second kappa shape index (κ2) is 7.72. The van der Waals surface area contributed by atoms with Gasteiger partial charge in [-0.05, 0) is 43.4 Å². The topological polar surface area (TPSA) is 43.1 Å². The van der Waals surface area contributed by atoms with Crippen molar-refractivity contribution >= 4 is 5.91 Å². The van der Waals surface area contributed by atoms with Gasteiger partial charge in [0, 0.05) is 6.42 Å². The molecule has 0 bridgehead atoms. The summed E-state index contributed by atoms with van der Waals surface area (Å²) >= 11 is 0. The van der Waals surface area contributed by atoms with E-state index >= 15 is 0 Å². The Kier molecular flexibility index (Phi) is 7.45. The molecule has 0 aliphatic heterocycles. The highest BCUT2D eigenvalue weighted by molar-refractivity contribution is 5.73. The molecule has 2 heteroatoms. The van der Waals surface area contributed by atoms with E-state index < -0.39 is 0 Å². The van der Waals surface area contributed by atoms with Crippen molar-refractivity contribution in [2.24, 2.45) is 17.6 Å². The van der Waals surface area contributed by atoms with Crippen molar-refractivity contribution in [3.63, 3.8) is 0 Å². The Labute approximate surface area is 94.6 Å². The van der Waals surface area contributed by atoms with Crippen molar-refractivity contribution in [3.05, 3.63) is 12.3 Å². The van der Waals surface area contributed by atoms with Crippen LogP contribution in [0.4, 0.5) is 0 Å². The zero-order chi connectivity index (χ0) is 11.8. The largest absolute Gasteiger partial charge is 0.370 e. The van der Waals surface area contributed by atoms with Crippen LogP contribution >= 0.6 is 0 Å². The third-order valence-electron chi connectivity index (χ3n) is 2.16. The predicted octanol–water partition coefficient (Wildman–Crippen LogP) is 3.12. The van der Waals surface area contributed by atoms with Gasteiger partial charge >= 0.3 is 0 Å². The molecule has 88 valence electrons. The highest BCUT2D eigenvalue weighted by Gasteiger charge is 2.13. The van der Waals surface area contributed by atoms with Crippen LogP contribution in [0.3, 0.4) is 0 Å². The highest BCUT2D eigenvalue weighted by atomic mass is 16.1. The summed E-state index contributed by atoms with van der Waals surface area (Å²) in [6.07, 6.45) is 5.74. The van der Waals surface area contributed by atoms with Gasteiger partial charge in [0.15, 0.2) is 0 Å². The summed E-state index contributed by atoms with van der Waals surface area (Å²) in [7, 11) is 0. The third-order valence-corrected chi connectivity index (χ3v) is 2.16. The molecule has 0 heterocycles.